The van der Waals surface area contributed by atoms with Gasteiger partial charge in [0.05, 0.1) is 16.7 Å². The van der Waals surface area contributed by atoms with E-state index >= 15 is 0 Å². The van der Waals surface area contributed by atoms with Crippen molar-refractivity contribution in [2.45, 2.75) is 18.4 Å². The molecule has 2 rings (SSSR count). The number of halogens is 3. The molecule has 0 aliphatic heterocycles. The van der Waals surface area contributed by atoms with Gasteiger partial charge in [0.25, 0.3) is 0 Å². The molecule has 0 aliphatic rings. The second-order valence-corrected chi connectivity index (χ2v) is 4.92. The van der Waals surface area contributed by atoms with Crippen molar-refractivity contribution in [2.24, 2.45) is 0 Å². The lowest BCUT2D eigenvalue weighted by Gasteiger charge is -2.09. The standard InChI is InChI=1S/C11H10BrF2N3O/c1-7(12)8-6-17(16-15-8)9-4-2-3-5-10(9)18-11(13)14/h2-7,11H,1H3. The lowest BCUT2D eigenvalue weighted by atomic mass is 10.3. The normalized spacial score (nSPS) is 12.7. The average molecular weight is 318 g/mol. The van der Waals surface area contributed by atoms with E-state index in [0.29, 0.717) is 11.4 Å². The molecule has 0 aliphatic carbocycles. The zero-order chi connectivity index (χ0) is 13.1. The van der Waals surface area contributed by atoms with Gasteiger partial charge in [0.1, 0.15) is 5.69 Å². The molecular formula is C11H10BrF2N3O. The second-order valence-electron chi connectivity index (χ2n) is 3.55. The Morgan fingerprint density at radius 2 is 2.06 bits per heavy atom. The van der Waals surface area contributed by atoms with E-state index in [2.05, 4.69) is 31.0 Å². The molecule has 1 aromatic heterocycles. The molecular weight excluding hydrogens is 308 g/mol. The minimum atomic E-state index is -2.87. The molecule has 1 heterocycles. The number of nitrogens with zero attached hydrogens (tertiary/aromatic N) is 3. The summed E-state index contributed by atoms with van der Waals surface area (Å²) in [5.74, 6) is 0.0613. The second kappa shape index (κ2) is 5.43. The Morgan fingerprint density at radius 3 is 2.67 bits per heavy atom. The summed E-state index contributed by atoms with van der Waals surface area (Å²) in [6.45, 7) is -0.972. The molecule has 0 bridgehead atoms. The van der Waals surface area contributed by atoms with Crippen molar-refractivity contribution in [2.75, 3.05) is 0 Å². The van der Waals surface area contributed by atoms with Crippen molar-refractivity contribution in [3.8, 4) is 11.4 Å². The van der Waals surface area contributed by atoms with Crippen molar-refractivity contribution in [3.05, 3.63) is 36.2 Å². The first-order valence-corrected chi connectivity index (χ1v) is 6.10. The van der Waals surface area contributed by atoms with Gasteiger partial charge in [-0.05, 0) is 19.1 Å². The number of aromatic nitrogens is 3. The van der Waals surface area contributed by atoms with Crippen molar-refractivity contribution in [1.29, 1.82) is 0 Å². The Bertz CT molecular complexity index is 531. The Labute approximate surface area is 111 Å². The number of alkyl halides is 3. The van der Waals surface area contributed by atoms with Crippen molar-refractivity contribution in [3.63, 3.8) is 0 Å². The molecule has 0 saturated heterocycles. The number of para-hydroxylation sites is 2. The molecule has 0 saturated carbocycles. The maximum atomic E-state index is 12.3. The van der Waals surface area contributed by atoms with Gasteiger partial charge in [0, 0.05) is 0 Å². The van der Waals surface area contributed by atoms with Crippen molar-refractivity contribution < 1.29 is 13.5 Å². The van der Waals surface area contributed by atoms with Gasteiger partial charge in [-0.15, -0.1) is 5.10 Å². The molecule has 4 nitrogen and oxygen atoms in total. The summed E-state index contributed by atoms with van der Waals surface area (Å²) in [6, 6.07) is 6.42. The van der Waals surface area contributed by atoms with Crippen LogP contribution in [0.2, 0.25) is 0 Å². The largest absolute Gasteiger partial charge is 0.433 e. The van der Waals surface area contributed by atoms with Gasteiger partial charge in [-0.1, -0.05) is 33.3 Å². The third-order valence-electron chi connectivity index (χ3n) is 2.25. The third-order valence-corrected chi connectivity index (χ3v) is 2.72. The van der Waals surface area contributed by atoms with Gasteiger partial charge < -0.3 is 4.74 Å². The molecule has 1 unspecified atom stereocenters. The van der Waals surface area contributed by atoms with Crippen LogP contribution in [0.3, 0.4) is 0 Å². The van der Waals surface area contributed by atoms with Crippen LogP contribution in [0.4, 0.5) is 8.78 Å². The van der Waals surface area contributed by atoms with Gasteiger partial charge in [-0.25, -0.2) is 4.68 Å². The highest BCUT2D eigenvalue weighted by Crippen LogP contribution is 2.25. The van der Waals surface area contributed by atoms with Gasteiger partial charge in [-0.3, -0.25) is 0 Å². The maximum Gasteiger partial charge on any atom is 0.387 e. The van der Waals surface area contributed by atoms with E-state index in [1.165, 1.54) is 10.7 Å². The van der Waals surface area contributed by atoms with Crippen LogP contribution in [0.5, 0.6) is 5.75 Å². The zero-order valence-electron chi connectivity index (χ0n) is 9.43. The molecule has 7 heteroatoms. The fourth-order valence-corrected chi connectivity index (χ4v) is 1.63. The lowest BCUT2D eigenvalue weighted by molar-refractivity contribution is -0.0499. The highest BCUT2D eigenvalue weighted by atomic mass is 79.9. The quantitative estimate of drug-likeness (QED) is 0.812. The Balaban J connectivity index is 2.36. The molecule has 96 valence electrons. The van der Waals surface area contributed by atoms with E-state index in [0.717, 1.165) is 0 Å². The fraction of sp³-hybridized carbons (Fsp3) is 0.273. The first kappa shape index (κ1) is 12.9. The molecule has 2 aromatic rings. The highest BCUT2D eigenvalue weighted by Gasteiger charge is 2.13. The van der Waals surface area contributed by atoms with E-state index in [1.807, 2.05) is 6.92 Å². The minimum absolute atomic E-state index is 0.0365. The first-order chi connectivity index (χ1) is 8.58. The van der Waals surface area contributed by atoms with E-state index in [-0.39, 0.29) is 10.6 Å². The van der Waals surface area contributed by atoms with Crippen LogP contribution in [-0.4, -0.2) is 21.6 Å². The lowest BCUT2D eigenvalue weighted by Crippen LogP contribution is -2.06. The van der Waals surface area contributed by atoms with Crippen LogP contribution in [0.1, 0.15) is 17.4 Å². The number of hydrogen-bond acceptors (Lipinski definition) is 3. The number of ether oxygens (including phenoxy) is 1. The fourth-order valence-electron chi connectivity index (χ4n) is 1.42. The average Bonchev–Trinajstić information content (AvgIpc) is 2.78. The third kappa shape index (κ3) is 2.84. The first-order valence-electron chi connectivity index (χ1n) is 5.18. The molecule has 0 N–H and O–H groups in total. The van der Waals surface area contributed by atoms with Crippen LogP contribution in [0.15, 0.2) is 30.5 Å². The van der Waals surface area contributed by atoms with Crippen LogP contribution < -0.4 is 4.74 Å². The summed E-state index contributed by atoms with van der Waals surface area (Å²) >= 11 is 3.36. The zero-order valence-corrected chi connectivity index (χ0v) is 11.0. The topological polar surface area (TPSA) is 39.9 Å². The van der Waals surface area contributed by atoms with E-state index in [9.17, 15) is 8.78 Å². The number of hydrogen-bond donors (Lipinski definition) is 0. The molecule has 0 amide bonds. The van der Waals surface area contributed by atoms with E-state index in [4.69, 9.17) is 0 Å². The number of rotatable bonds is 4. The maximum absolute atomic E-state index is 12.3. The summed E-state index contributed by atoms with van der Waals surface area (Å²) in [5, 5.41) is 7.82. The Morgan fingerprint density at radius 1 is 1.33 bits per heavy atom. The molecule has 1 atom stereocenters. The Kier molecular flexibility index (Phi) is 3.90. The van der Waals surface area contributed by atoms with Crippen LogP contribution in [0, 0.1) is 0 Å². The van der Waals surface area contributed by atoms with E-state index in [1.54, 1.807) is 24.4 Å². The number of benzene rings is 1. The minimum Gasteiger partial charge on any atom is -0.433 e. The summed E-state index contributed by atoms with van der Waals surface area (Å²) in [5.41, 5.74) is 1.13. The molecule has 1 aromatic carbocycles. The predicted octanol–water partition coefficient (Wildman–Crippen LogP) is 3.32. The van der Waals surface area contributed by atoms with Crippen LogP contribution in [-0.2, 0) is 0 Å². The van der Waals surface area contributed by atoms with Crippen LogP contribution >= 0.6 is 15.9 Å². The summed E-state index contributed by atoms with van der Waals surface area (Å²) in [4.78, 5) is 0.0365. The van der Waals surface area contributed by atoms with E-state index < -0.39 is 6.61 Å². The summed E-state index contributed by atoms with van der Waals surface area (Å²) in [6.07, 6.45) is 1.66. The van der Waals surface area contributed by atoms with Gasteiger partial charge in [-0.2, -0.15) is 8.78 Å². The van der Waals surface area contributed by atoms with Gasteiger partial charge >= 0.3 is 6.61 Å². The Hall–Kier alpha value is -1.50. The van der Waals surface area contributed by atoms with Gasteiger partial charge in [0.15, 0.2) is 5.75 Å². The van der Waals surface area contributed by atoms with Crippen molar-refractivity contribution >= 4 is 15.9 Å². The van der Waals surface area contributed by atoms with Gasteiger partial charge in [0.2, 0.25) is 0 Å². The van der Waals surface area contributed by atoms with Crippen molar-refractivity contribution in [1.82, 2.24) is 15.0 Å². The SMILES string of the molecule is CC(Br)c1cn(-c2ccccc2OC(F)F)nn1. The highest BCUT2D eigenvalue weighted by molar-refractivity contribution is 9.09. The summed E-state index contributed by atoms with van der Waals surface area (Å²) in [7, 11) is 0. The smallest absolute Gasteiger partial charge is 0.387 e. The predicted molar refractivity (Wildman–Crippen MR) is 65.3 cm³/mol. The monoisotopic (exact) mass is 317 g/mol. The van der Waals surface area contributed by atoms with Crippen LogP contribution in [0.25, 0.3) is 5.69 Å². The molecule has 18 heavy (non-hydrogen) atoms. The summed E-state index contributed by atoms with van der Waals surface area (Å²) < 4.78 is 30.4. The molecule has 0 fully saturated rings. The molecule has 0 radical (unpaired) electrons. The molecule has 0 spiro atoms.